The first-order chi connectivity index (χ1) is 12.0. The van der Waals surface area contributed by atoms with Gasteiger partial charge in [-0.25, -0.2) is 0 Å². The number of benzene rings is 1. The Balaban J connectivity index is 2.67. The van der Waals surface area contributed by atoms with Gasteiger partial charge in [-0.3, -0.25) is 9.59 Å². The molecule has 0 aliphatic heterocycles. The number of halogens is 4. The predicted molar refractivity (Wildman–Crippen MR) is 95.1 cm³/mol. The Labute approximate surface area is 156 Å². The molecular weight excluding hydrogens is 371 g/mol. The lowest BCUT2D eigenvalue weighted by atomic mass is 10.1. The summed E-state index contributed by atoms with van der Waals surface area (Å²) >= 11 is 5.61. The lowest BCUT2D eigenvalue weighted by molar-refractivity contribution is -0.137. The molecule has 0 radical (unpaired) electrons. The Morgan fingerprint density at radius 2 is 1.81 bits per heavy atom. The fourth-order valence-corrected chi connectivity index (χ4v) is 2.49. The molecule has 0 atom stereocenters. The summed E-state index contributed by atoms with van der Waals surface area (Å²) in [5.74, 6) is -0.782. The van der Waals surface area contributed by atoms with Crippen LogP contribution in [-0.4, -0.2) is 55.3 Å². The number of carbonyl (C=O) groups excluding carboxylic acids is 2. The average molecular weight is 394 g/mol. The van der Waals surface area contributed by atoms with Crippen molar-refractivity contribution in [3.8, 4) is 0 Å². The zero-order chi connectivity index (χ0) is 19.9. The van der Waals surface area contributed by atoms with E-state index in [0.29, 0.717) is 6.54 Å². The van der Waals surface area contributed by atoms with Gasteiger partial charge in [0.15, 0.2) is 0 Å². The van der Waals surface area contributed by atoms with Crippen LogP contribution in [0.25, 0.3) is 0 Å². The second-order valence-corrected chi connectivity index (χ2v) is 6.59. The third-order valence-corrected chi connectivity index (χ3v) is 3.88. The van der Waals surface area contributed by atoms with Crippen LogP contribution in [0.3, 0.4) is 0 Å². The molecule has 146 valence electrons. The highest BCUT2D eigenvalue weighted by Crippen LogP contribution is 2.36. The van der Waals surface area contributed by atoms with Gasteiger partial charge in [-0.05, 0) is 45.3 Å². The van der Waals surface area contributed by atoms with Crippen molar-refractivity contribution in [2.45, 2.75) is 25.9 Å². The van der Waals surface area contributed by atoms with Gasteiger partial charge in [0.25, 0.3) is 0 Å². The summed E-state index contributed by atoms with van der Waals surface area (Å²) in [6.45, 7) is 2.81. The fourth-order valence-electron chi connectivity index (χ4n) is 2.31. The molecule has 0 aromatic heterocycles. The van der Waals surface area contributed by atoms with Crippen LogP contribution in [0.1, 0.15) is 25.3 Å². The van der Waals surface area contributed by atoms with E-state index in [0.717, 1.165) is 25.1 Å². The summed E-state index contributed by atoms with van der Waals surface area (Å²) in [7, 11) is 3.83. The molecule has 0 aliphatic rings. The Hall–Kier alpha value is -1.80. The van der Waals surface area contributed by atoms with Gasteiger partial charge in [0, 0.05) is 31.5 Å². The zero-order valence-electron chi connectivity index (χ0n) is 15.0. The Morgan fingerprint density at radius 1 is 1.15 bits per heavy atom. The van der Waals surface area contributed by atoms with Gasteiger partial charge in [0.2, 0.25) is 11.8 Å². The summed E-state index contributed by atoms with van der Waals surface area (Å²) in [6.07, 6.45) is -3.99. The molecule has 26 heavy (non-hydrogen) atoms. The Bertz CT molecular complexity index is 636. The minimum absolute atomic E-state index is 0.0704. The van der Waals surface area contributed by atoms with Crippen LogP contribution in [0.5, 0.6) is 0 Å². The quantitative estimate of drug-likeness (QED) is 0.735. The van der Waals surface area contributed by atoms with Crippen LogP contribution in [-0.2, 0) is 15.8 Å². The topological polar surface area (TPSA) is 52.7 Å². The SMILES string of the molecule is CC(=O)N(CCCN(C)C)CCC(=O)Nc1ccc(Cl)cc1C(F)(F)F. The Morgan fingerprint density at radius 3 is 2.35 bits per heavy atom. The van der Waals surface area contributed by atoms with E-state index in [4.69, 9.17) is 11.6 Å². The second-order valence-electron chi connectivity index (χ2n) is 6.15. The number of hydrogen-bond donors (Lipinski definition) is 1. The van der Waals surface area contributed by atoms with Crippen molar-refractivity contribution >= 4 is 29.1 Å². The molecule has 0 spiro atoms. The van der Waals surface area contributed by atoms with E-state index in [1.165, 1.54) is 17.9 Å². The lowest BCUT2D eigenvalue weighted by Crippen LogP contribution is -2.34. The lowest BCUT2D eigenvalue weighted by Gasteiger charge is -2.22. The molecule has 1 N–H and O–H groups in total. The van der Waals surface area contributed by atoms with E-state index in [1.807, 2.05) is 19.0 Å². The molecule has 5 nitrogen and oxygen atoms in total. The van der Waals surface area contributed by atoms with Gasteiger partial charge in [-0.1, -0.05) is 11.6 Å². The zero-order valence-corrected chi connectivity index (χ0v) is 15.7. The monoisotopic (exact) mass is 393 g/mol. The van der Waals surface area contributed by atoms with Crippen LogP contribution in [0.2, 0.25) is 5.02 Å². The summed E-state index contributed by atoms with van der Waals surface area (Å²) in [4.78, 5) is 27.1. The van der Waals surface area contributed by atoms with Crippen molar-refractivity contribution in [2.75, 3.05) is 39.0 Å². The molecule has 9 heteroatoms. The third kappa shape index (κ3) is 7.61. The van der Waals surface area contributed by atoms with E-state index >= 15 is 0 Å². The second kappa shape index (κ2) is 9.78. The van der Waals surface area contributed by atoms with E-state index in [-0.39, 0.29) is 29.6 Å². The summed E-state index contributed by atoms with van der Waals surface area (Å²) in [5, 5.41) is 2.18. The standard InChI is InChI=1S/C17H23ClF3N3O2/c1-12(25)24(9-4-8-23(2)3)10-7-16(26)22-15-6-5-13(18)11-14(15)17(19,20)21/h5-6,11H,4,7-10H2,1-3H3,(H,22,26). The average Bonchev–Trinajstić information content (AvgIpc) is 2.50. The number of carbonyl (C=O) groups is 2. The number of anilines is 1. The van der Waals surface area contributed by atoms with E-state index in [2.05, 4.69) is 5.32 Å². The van der Waals surface area contributed by atoms with Gasteiger partial charge in [0.05, 0.1) is 11.3 Å². The summed E-state index contributed by atoms with van der Waals surface area (Å²) < 4.78 is 39.1. The number of nitrogens with one attached hydrogen (secondary N) is 1. The molecule has 0 heterocycles. The predicted octanol–water partition coefficient (Wildman–Crippen LogP) is 3.49. The maximum atomic E-state index is 13.0. The highest BCUT2D eigenvalue weighted by atomic mass is 35.5. The van der Waals surface area contributed by atoms with Crippen LogP contribution >= 0.6 is 11.6 Å². The maximum Gasteiger partial charge on any atom is 0.418 e. The third-order valence-electron chi connectivity index (χ3n) is 3.65. The highest BCUT2D eigenvalue weighted by Gasteiger charge is 2.34. The molecule has 0 unspecified atom stereocenters. The fraction of sp³-hybridized carbons (Fsp3) is 0.529. The smallest absolute Gasteiger partial charge is 0.342 e. The molecular formula is C17H23ClF3N3O2. The first-order valence-corrected chi connectivity index (χ1v) is 8.45. The Kier molecular flexibility index (Phi) is 8.36. The van der Waals surface area contributed by atoms with E-state index < -0.39 is 17.6 Å². The van der Waals surface area contributed by atoms with Crippen LogP contribution in [0.15, 0.2) is 18.2 Å². The van der Waals surface area contributed by atoms with Gasteiger partial charge in [-0.15, -0.1) is 0 Å². The van der Waals surface area contributed by atoms with Gasteiger partial charge >= 0.3 is 6.18 Å². The maximum absolute atomic E-state index is 13.0. The molecule has 0 fully saturated rings. The summed E-state index contributed by atoms with van der Waals surface area (Å²) in [5.41, 5.74) is -1.36. The molecule has 0 saturated heterocycles. The van der Waals surface area contributed by atoms with Crippen molar-refractivity contribution in [3.63, 3.8) is 0 Å². The van der Waals surface area contributed by atoms with Gasteiger partial charge in [0.1, 0.15) is 0 Å². The van der Waals surface area contributed by atoms with Crippen LogP contribution in [0, 0.1) is 0 Å². The van der Waals surface area contributed by atoms with Gasteiger partial charge < -0.3 is 15.1 Å². The van der Waals surface area contributed by atoms with Crippen molar-refractivity contribution in [2.24, 2.45) is 0 Å². The normalized spacial score (nSPS) is 11.5. The number of hydrogen-bond acceptors (Lipinski definition) is 3. The minimum Gasteiger partial charge on any atom is -0.342 e. The molecule has 0 saturated carbocycles. The number of amides is 2. The molecule has 1 aromatic rings. The molecule has 0 aliphatic carbocycles. The van der Waals surface area contributed by atoms with E-state index in [1.54, 1.807) is 0 Å². The molecule has 1 aromatic carbocycles. The van der Waals surface area contributed by atoms with Crippen LogP contribution in [0.4, 0.5) is 18.9 Å². The van der Waals surface area contributed by atoms with Crippen molar-refractivity contribution in [1.82, 2.24) is 9.80 Å². The first-order valence-electron chi connectivity index (χ1n) is 8.07. The highest BCUT2D eigenvalue weighted by molar-refractivity contribution is 6.30. The minimum atomic E-state index is -4.63. The molecule has 0 bridgehead atoms. The van der Waals surface area contributed by atoms with Gasteiger partial charge in [-0.2, -0.15) is 13.2 Å². The van der Waals surface area contributed by atoms with Crippen molar-refractivity contribution < 1.29 is 22.8 Å². The molecule has 2 amide bonds. The largest absolute Gasteiger partial charge is 0.418 e. The first kappa shape index (κ1) is 22.2. The summed E-state index contributed by atoms with van der Waals surface area (Å²) in [6, 6.07) is 3.15. The number of nitrogens with zero attached hydrogens (tertiary/aromatic N) is 2. The van der Waals surface area contributed by atoms with Crippen LogP contribution < -0.4 is 5.32 Å². The number of alkyl halides is 3. The van der Waals surface area contributed by atoms with E-state index in [9.17, 15) is 22.8 Å². The molecule has 1 rings (SSSR count). The number of rotatable bonds is 8. The van der Waals surface area contributed by atoms with Crippen molar-refractivity contribution in [1.29, 1.82) is 0 Å². The van der Waals surface area contributed by atoms with Crippen molar-refractivity contribution in [3.05, 3.63) is 28.8 Å².